The number of nitrogens with one attached hydrogen (secondary N) is 1. The molecule has 1 unspecified atom stereocenters. The molecule has 0 bridgehead atoms. The van der Waals surface area contributed by atoms with E-state index in [1.165, 1.54) is 6.07 Å². The predicted molar refractivity (Wildman–Crippen MR) is 68.5 cm³/mol. The number of hydrogen-bond donors (Lipinski definition) is 2. The molecule has 0 aliphatic carbocycles. The number of halogens is 3. The minimum Gasteiger partial charge on any atom is -0.273 e. The smallest absolute Gasteiger partial charge is 0.273 e. The summed E-state index contributed by atoms with van der Waals surface area (Å²) >= 11 is 0. The van der Waals surface area contributed by atoms with E-state index in [1.54, 1.807) is 23.1 Å². The van der Waals surface area contributed by atoms with Crippen LogP contribution in [0.1, 0.15) is 29.7 Å². The Morgan fingerprint density at radius 3 is 2.65 bits per heavy atom. The Balaban J connectivity index is 2.37. The van der Waals surface area contributed by atoms with Crippen LogP contribution in [-0.2, 0) is 12.7 Å². The molecular weight excluding hydrogens is 269 g/mol. The Hall–Kier alpha value is -1.86. The van der Waals surface area contributed by atoms with Gasteiger partial charge in [-0.25, -0.2) is 5.43 Å². The zero-order valence-electron chi connectivity index (χ0n) is 10.9. The highest BCUT2D eigenvalue weighted by Crippen LogP contribution is 2.31. The standard InChI is InChI=1S/C13H15F3N4/c1-2-20-8-10(7-18-20)12(19-17)9-4-3-5-11(6-9)13(14,15)16/h3-8,12,19H,2,17H2,1H3. The molecule has 0 amide bonds. The molecule has 0 saturated heterocycles. The molecule has 0 fully saturated rings. The first-order valence-corrected chi connectivity index (χ1v) is 6.11. The highest BCUT2D eigenvalue weighted by molar-refractivity contribution is 5.33. The van der Waals surface area contributed by atoms with Crippen LogP contribution in [0.25, 0.3) is 0 Å². The molecule has 0 aliphatic rings. The van der Waals surface area contributed by atoms with Gasteiger partial charge in [0.05, 0.1) is 17.8 Å². The maximum Gasteiger partial charge on any atom is 0.416 e. The van der Waals surface area contributed by atoms with Crippen LogP contribution in [0.15, 0.2) is 36.7 Å². The van der Waals surface area contributed by atoms with Crippen LogP contribution in [0.4, 0.5) is 13.2 Å². The average Bonchev–Trinajstić information content (AvgIpc) is 2.88. The van der Waals surface area contributed by atoms with Crippen molar-refractivity contribution in [2.24, 2.45) is 5.84 Å². The zero-order chi connectivity index (χ0) is 14.8. The van der Waals surface area contributed by atoms with Crippen LogP contribution in [0.3, 0.4) is 0 Å². The van der Waals surface area contributed by atoms with E-state index in [9.17, 15) is 13.2 Å². The number of alkyl halides is 3. The number of aryl methyl sites for hydroxylation is 1. The van der Waals surface area contributed by atoms with E-state index in [0.29, 0.717) is 17.7 Å². The number of hydrazine groups is 1. The maximum atomic E-state index is 12.7. The fourth-order valence-electron chi connectivity index (χ4n) is 1.98. The highest BCUT2D eigenvalue weighted by atomic mass is 19.4. The van der Waals surface area contributed by atoms with Gasteiger partial charge < -0.3 is 0 Å². The van der Waals surface area contributed by atoms with Crippen molar-refractivity contribution in [1.82, 2.24) is 15.2 Å². The van der Waals surface area contributed by atoms with Gasteiger partial charge in [0, 0.05) is 18.3 Å². The van der Waals surface area contributed by atoms with Crippen molar-refractivity contribution in [2.45, 2.75) is 25.7 Å². The first kappa shape index (κ1) is 14.5. The topological polar surface area (TPSA) is 55.9 Å². The molecular formula is C13H15F3N4. The first-order chi connectivity index (χ1) is 9.45. The molecule has 0 spiro atoms. The van der Waals surface area contributed by atoms with Gasteiger partial charge in [0.25, 0.3) is 0 Å². The second kappa shape index (κ2) is 5.64. The summed E-state index contributed by atoms with van der Waals surface area (Å²) in [6, 6.07) is 4.56. The molecule has 0 saturated carbocycles. The van der Waals surface area contributed by atoms with E-state index in [-0.39, 0.29) is 0 Å². The summed E-state index contributed by atoms with van der Waals surface area (Å²) in [5.41, 5.74) is 2.99. The monoisotopic (exact) mass is 284 g/mol. The highest BCUT2D eigenvalue weighted by Gasteiger charge is 2.31. The van der Waals surface area contributed by atoms with Crippen LogP contribution < -0.4 is 11.3 Å². The van der Waals surface area contributed by atoms with Gasteiger partial charge in [0.2, 0.25) is 0 Å². The summed E-state index contributed by atoms with van der Waals surface area (Å²) in [4.78, 5) is 0. The van der Waals surface area contributed by atoms with Crippen LogP contribution in [-0.4, -0.2) is 9.78 Å². The summed E-state index contributed by atoms with van der Waals surface area (Å²) in [7, 11) is 0. The summed E-state index contributed by atoms with van der Waals surface area (Å²) in [6.07, 6.45) is -1.03. The molecule has 1 aromatic heterocycles. The summed E-state index contributed by atoms with van der Waals surface area (Å²) in [6.45, 7) is 2.60. The number of benzene rings is 1. The quantitative estimate of drug-likeness (QED) is 0.670. The van der Waals surface area contributed by atoms with Crippen LogP contribution >= 0.6 is 0 Å². The molecule has 1 aromatic carbocycles. The molecule has 2 rings (SSSR count). The van der Waals surface area contributed by atoms with Gasteiger partial charge in [0.1, 0.15) is 0 Å². The minimum atomic E-state index is -4.37. The molecule has 0 radical (unpaired) electrons. The Labute approximate surface area is 114 Å². The Bertz CT molecular complexity index is 577. The van der Waals surface area contributed by atoms with Crippen molar-refractivity contribution in [2.75, 3.05) is 0 Å². The third-order valence-corrected chi connectivity index (χ3v) is 3.02. The molecule has 7 heteroatoms. The Morgan fingerprint density at radius 1 is 1.35 bits per heavy atom. The molecule has 3 N–H and O–H groups in total. The lowest BCUT2D eigenvalue weighted by atomic mass is 10.00. The van der Waals surface area contributed by atoms with Crippen LogP contribution in [0, 0.1) is 0 Å². The second-order valence-corrected chi connectivity index (χ2v) is 4.35. The summed E-state index contributed by atoms with van der Waals surface area (Å²) in [5.74, 6) is 5.48. The normalized spacial score (nSPS) is 13.4. The van der Waals surface area contributed by atoms with E-state index in [1.807, 2.05) is 6.92 Å². The van der Waals surface area contributed by atoms with Crippen LogP contribution in [0.2, 0.25) is 0 Å². The minimum absolute atomic E-state index is 0.443. The molecule has 108 valence electrons. The molecule has 0 aliphatic heterocycles. The summed E-state index contributed by atoms with van der Waals surface area (Å²) in [5, 5.41) is 4.10. The van der Waals surface area contributed by atoms with Crippen molar-refractivity contribution < 1.29 is 13.2 Å². The molecule has 1 heterocycles. The van der Waals surface area contributed by atoms with Crippen molar-refractivity contribution in [3.63, 3.8) is 0 Å². The number of nitrogens with two attached hydrogens (primary N) is 1. The van der Waals surface area contributed by atoms with Gasteiger partial charge in [-0.15, -0.1) is 0 Å². The second-order valence-electron chi connectivity index (χ2n) is 4.35. The van der Waals surface area contributed by atoms with Gasteiger partial charge >= 0.3 is 6.18 Å². The van der Waals surface area contributed by atoms with Gasteiger partial charge in [-0.1, -0.05) is 12.1 Å². The molecule has 20 heavy (non-hydrogen) atoms. The maximum absolute atomic E-state index is 12.7. The predicted octanol–water partition coefficient (Wildman–Crippen LogP) is 2.47. The fourth-order valence-corrected chi connectivity index (χ4v) is 1.98. The lowest BCUT2D eigenvalue weighted by Crippen LogP contribution is -2.28. The van der Waals surface area contributed by atoms with Crippen molar-refractivity contribution >= 4 is 0 Å². The van der Waals surface area contributed by atoms with Crippen LogP contribution in [0.5, 0.6) is 0 Å². The number of rotatable bonds is 4. The fraction of sp³-hybridized carbons (Fsp3) is 0.308. The van der Waals surface area contributed by atoms with Crippen molar-refractivity contribution in [1.29, 1.82) is 0 Å². The first-order valence-electron chi connectivity index (χ1n) is 6.11. The van der Waals surface area contributed by atoms with E-state index in [4.69, 9.17) is 5.84 Å². The largest absolute Gasteiger partial charge is 0.416 e. The molecule has 2 aromatic rings. The van der Waals surface area contributed by atoms with Crippen molar-refractivity contribution in [3.05, 3.63) is 53.3 Å². The van der Waals surface area contributed by atoms with Crippen molar-refractivity contribution in [3.8, 4) is 0 Å². The van der Waals surface area contributed by atoms with Gasteiger partial charge in [-0.2, -0.15) is 18.3 Å². The van der Waals surface area contributed by atoms with E-state index >= 15 is 0 Å². The molecule has 4 nitrogen and oxygen atoms in total. The van der Waals surface area contributed by atoms with Gasteiger partial charge in [-0.3, -0.25) is 10.5 Å². The average molecular weight is 284 g/mol. The number of hydrogen-bond acceptors (Lipinski definition) is 3. The SMILES string of the molecule is CCn1cc(C(NN)c2cccc(C(F)(F)F)c2)cn1. The van der Waals surface area contributed by atoms with Gasteiger partial charge in [-0.05, 0) is 24.6 Å². The van der Waals surface area contributed by atoms with E-state index in [0.717, 1.165) is 12.1 Å². The molecule has 1 atom stereocenters. The summed E-state index contributed by atoms with van der Waals surface area (Å²) < 4.78 is 39.9. The number of aromatic nitrogens is 2. The Kier molecular flexibility index (Phi) is 4.10. The number of nitrogens with zero attached hydrogens (tertiary/aromatic N) is 2. The Morgan fingerprint density at radius 2 is 2.10 bits per heavy atom. The third-order valence-electron chi connectivity index (χ3n) is 3.02. The van der Waals surface area contributed by atoms with E-state index in [2.05, 4.69) is 10.5 Å². The zero-order valence-corrected chi connectivity index (χ0v) is 10.9. The third kappa shape index (κ3) is 3.00. The van der Waals surface area contributed by atoms with E-state index < -0.39 is 17.8 Å². The van der Waals surface area contributed by atoms with Gasteiger partial charge in [0.15, 0.2) is 0 Å². The lowest BCUT2D eigenvalue weighted by molar-refractivity contribution is -0.137. The lowest BCUT2D eigenvalue weighted by Gasteiger charge is -2.16.